The topological polar surface area (TPSA) is 81.4 Å². The van der Waals surface area contributed by atoms with E-state index in [1.54, 1.807) is 13.8 Å². The Morgan fingerprint density at radius 3 is 2.71 bits per heavy atom. The van der Waals surface area contributed by atoms with Crippen LogP contribution in [0.15, 0.2) is 0 Å². The number of rotatable bonds is 6. The zero-order valence-corrected chi connectivity index (χ0v) is 9.23. The van der Waals surface area contributed by atoms with Crippen molar-refractivity contribution < 1.29 is 14.3 Å². The molecule has 3 N–H and O–H groups in total. The van der Waals surface area contributed by atoms with E-state index >= 15 is 0 Å². The molecule has 0 bridgehead atoms. The van der Waals surface area contributed by atoms with Crippen molar-refractivity contribution in [3.8, 4) is 0 Å². The summed E-state index contributed by atoms with van der Waals surface area (Å²) in [5.41, 5.74) is 2.06. The predicted octanol–water partition coefficient (Wildman–Crippen LogP) is -0.0913. The number of thioether (sulfide) groups is 1. The Morgan fingerprint density at radius 1 is 1.57 bits per heavy atom. The third-order valence-corrected chi connectivity index (χ3v) is 2.66. The van der Waals surface area contributed by atoms with E-state index in [2.05, 4.69) is 5.43 Å². The van der Waals surface area contributed by atoms with Crippen molar-refractivity contribution in [2.24, 2.45) is 11.8 Å². The maximum atomic E-state index is 10.9. The van der Waals surface area contributed by atoms with E-state index in [0.29, 0.717) is 12.4 Å². The van der Waals surface area contributed by atoms with E-state index in [9.17, 15) is 9.59 Å². The number of carbonyl (C=O) groups excluding carboxylic acids is 2. The Hall–Kier alpha value is -0.750. The number of hydrazine groups is 1. The summed E-state index contributed by atoms with van der Waals surface area (Å²) in [5, 5.41) is 0. The summed E-state index contributed by atoms with van der Waals surface area (Å²) in [4.78, 5) is 21.8. The third-order valence-electron chi connectivity index (χ3n) is 1.48. The van der Waals surface area contributed by atoms with E-state index in [4.69, 9.17) is 10.6 Å². The van der Waals surface area contributed by atoms with Crippen molar-refractivity contribution in [2.45, 2.75) is 13.8 Å². The summed E-state index contributed by atoms with van der Waals surface area (Å²) in [7, 11) is 0. The molecule has 1 amide bonds. The van der Waals surface area contributed by atoms with Crippen molar-refractivity contribution in [3.05, 3.63) is 0 Å². The van der Waals surface area contributed by atoms with E-state index in [-0.39, 0.29) is 23.5 Å². The van der Waals surface area contributed by atoms with Gasteiger partial charge in [-0.3, -0.25) is 15.0 Å². The standard InChI is InChI=1S/C8H16N2O3S/c1-3-13-7(11)5-14-4-6(2)8(12)10-9/h6H,3-5,9H2,1-2H3,(H,10,12). The summed E-state index contributed by atoms with van der Waals surface area (Å²) in [5.74, 6) is 5.12. The van der Waals surface area contributed by atoms with Gasteiger partial charge in [-0.05, 0) is 6.92 Å². The number of nitrogens with two attached hydrogens (primary N) is 1. The molecule has 0 heterocycles. The Labute approximate surface area is 87.7 Å². The molecule has 1 atom stereocenters. The van der Waals surface area contributed by atoms with Gasteiger partial charge in [0.05, 0.1) is 12.4 Å². The van der Waals surface area contributed by atoms with Gasteiger partial charge >= 0.3 is 5.97 Å². The van der Waals surface area contributed by atoms with Gasteiger partial charge in [-0.2, -0.15) is 0 Å². The molecule has 0 saturated carbocycles. The Balaban J connectivity index is 3.53. The van der Waals surface area contributed by atoms with Gasteiger partial charge in [0, 0.05) is 11.7 Å². The first kappa shape index (κ1) is 13.2. The second-order valence-corrected chi connectivity index (χ2v) is 3.76. The number of ether oxygens (including phenoxy) is 1. The van der Waals surface area contributed by atoms with Crippen LogP contribution in [-0.2, 0) is 14.3 Å². The molecule has 0 saturated heterocycles. The average Bonchev–Trinajstić information content (AvgIpc) is 2.16. The van der Waals surface area contributed by atoms with E-state index < -0.39 is 0 Å². The first-order valence-electron chi connectivity index (χ1n) is 4.35. The number of esters is 1. The van der Waals surface area contributed by atoms with Crippen LogP contribution in [0.3, 0.4) is 0 Å². The minimum Gasteiger partial charge on any atom is -0.465 e. The van der Waals surface area contributed by atoms with Crippen LogP contribution in [0.4, 0.5) is 0 Å². The molecule has 0 rings (SSSR count). The van der Waals surface area contributed by atoms with Crippen LogP contribution in [-0.4, -0.2) is 30.0 Å². The monoisotopic (exact) mass is 220 g/mol. The van der Waals surface area contributed by atoms with Crippen LogP contribution in [0.25, 0.3) is 0 Å². The van der Waals surface area contributed by atoms with E-state index in [1.165, 1.54) is 11.8 Å². The molecule has 82 valence electrons. The molecular weight excluding hydrogens is 204 g/mol. The number of carbonyl (C=O) groups is 2. The zero-order chi connectivity index (χ0) is 11.0. The van der Waals surface area contributed by atoms with Gasteiger partial charge in [-0.15, -0.1) is 11.8 Å². The fourth-order valence-electron chi connectivity index (χ4n) is 0.740. The molecule has 0 fully saturated rings. The zero-order valence-electron chi connectivity index (χ0n) is 8.41. The Bertz CT molecular complexity index is 199. The highest BCUT2D eigenvalue weighted by atomic mass is 32.2. The molecule has 0 spiro atoms. The van der Waals surface area contributed by atoms with Crippen molar-refractivity contribution in [2.75, 3.05) is 18.1 Å². The first-order valence-corrected chi connectivity index (χ1v) is 5.51. The number of amides is 1. The number of nitrogens with one attached hydrogen (secondary N) is 1. The minimum atomic E-state index is -0.252. The molecule has 0 radical (unpaired) electrons. The lowest BCUT2D eigenvalue weighted by molar-refractivity contribution is -0.139. The van der Waals surface area contributed by atoms with E-state index in [0.717, 1.165) is 0 Å². The van der Waals surface area contributed by atoms with Crippen molar-refractivity contribution in [1.29, 1.82) is 0 Å². The SMILES string of the molecule is CCOC(=O)CSCC(C)C(=O)NN. The van der Waals surface area contributed by atoms with Crippen LogP contribution < -0.4 is 11.3 Å². The lowest BCUT2D eigenvalue weighted by Gasteiger charge is -2.08. The molecule has 1 unspecified atom stereocenters. The lowest BCUT2D eigenvalue weighted by Crippen LogP contribution is -2.35. The molecular formula is C8H16N2O3S. The number of hydrogen-bond donors (Lipinski definition) is 2. The highest BCUT2D eigenvalue weighted by molar-refractivity contribution is 7.99. The maximum absolute atomic E-state index is 10.9. The van der Waals surface area contributed by atoms with Crippen molar-refractivity contribution in [1.82, 2.24) is 5.43 Å². The second-order valence-electron chi connectivity index (χ2n) is 2.73. The van der Waals surface area contributed by atoms with Crippen molar-refractivity contribution in [3.63, 3.8) is 0 Å². The summed E-state index contributed by atoms with van der Waals surface area (Å²) >= 11 is 1.36. The molecule has 0 aromatic heterocycles. The fourth-order valence-corrected chi connectivity index (χ4v) is 1.61. The van der Waals surface area contributed by atoms with Crippen LogP contribution in [0.2, 0.25) is 0 Å². The van der Waals surface area contributed by atoms with Gasteiger partial charge in [-0.1, -0.05) is 6.92 Å². The number of hydrogen-bond acceptors (Lipinski definition) is 5. The lowest BCUT2D eigenvalue weighted by atomic mass is 10.2. The maximum Gasteiger partial charge on any atom is 0.315 e. The summed E-state index contributed by atoms with van der Waals surface area (Å²) in [6, 6.07) is 0. The molecule has 0 aliphatic rings. The fraction of sp³-hybridized carbons (Fsp3) is 0.750. The molecule has 0 aromatic rings. The first-order chi connectivity index (χ1) is 6.61. The van der Waals surface area contributed by atoms with Gasteiger partial charge in [0.1, 0.15) is 0 Å². The molecule has 0 aromatic carbocycles. The van der Waals surface area contributed by atoms with Crippen LogP contribution >= 0.6 is 11.8 Å². The quantitative estimate of drug-likeness (QED) is 0.283. The highest BCUT2D eigenvalue weighted by Gasteiger charge is 2.12. The van der Waals surface area contributed by atoms with Crippen LogP contribution in [0.5, 0.6) is 0 Å². The second kappa shape index (κ2) is 7.64. The smallest absolute Gasteiger partial charge is 0.315 e. The molecule has 5 nitrogen and oxygen atoms in total. The van der Waals surface area contributed by atoms with Gasteiger partial charge in [-0.25, -0.2) is 5.84 Å². The minimum absolute atomic E-state index is 0.195. The Kier molecular flexibility index (Phi) is 7.23. The predicted molar refractivity (Wildman–Crippen MR) is 55.5 cm³/mol. The van der Waals surface area contributed by atoms with Crippen LogP contribution in [0, 0.1) is 5.92 Å². The van der Waals surface area contributed by atoms with Crippen LogP contribution in [0.1, 0.15) is 13.8 Å². The van der Waals surface area contributed by atoms with E-state index in [1.807, 2.05) is 0 Å². The molecule has 14 heavy (non-hydrogen) atoms. The Morgan fingerprint density at radius 2 is 2.21 bits per heavy atom. The summed E-state index contributed by atoms with van der Waals surface area (Å²) in [6.07, 6.45) is 0. The third kappa shape index (κ3) is 5.82. The van der Waals surface area contributed by atoms with Gasteiger partial charge < -0.3 is 4.74 Å². The molecule has 6 heteroatoms. The summed E-state index contributed by atoms with van der Waals surface area (Å²) < 4.78 is 4.73. The molecule has 0 aliphatic heterocycles. The van der Waals surface area contributed by atoms with Gasteiger partial charge in [0.15, 0.2) is 0 Å². The summed E-state index contributed by atoms with van der Waals surface area (Å²) in [6.45, 7) is 3.89. The van der Waals surface area contributed by atoms with Gasteiger partial charge in [0.25, 0.3) is 0 Å². The normalized spacial score (nSPS) is 11.9. The molecule has 0 aliphatic carbocycles. The largest absolute Gasteiger partial charge is 0.465 e. The highest BCUT2D eigenvalue weighted by Crippen LogP contribution is 2.08. The van der Waals surface area contributed by atoms with Gasteiger partial charge in [0.2, 0.25) is 5.91 Å². The van der Waals surface area contributed by atoms with Crippen molar-refractivity contribution >= 4 is 23.6 Å². The average molecular weight is 220 g/mol.